The first-order valence-corrected chi connectivity index (χ1v) is 28.6. The van der Waals surface area contributed by atoms with Gasteiger partial charge >= 0.3 is 5.97 Å². The van der Waals surface area contributed by atoms with Gasteiger partial charge in [-0.05, 0) is 64.2 Å². The van der Waals surface area contributed by atoms with Crippen molar-refractivity contribution in [1.82, 2.24) is 0 Å². The van der Waals surface area contributed by atoms with Crippen LogP contribution in [0.25, 0.3) is 0 Å². The highest BCUT2D eigenvalue weighted by Crippen LogP contribution is 2.38. The highest BCUT2D eigenvalue weighted by Gasteiger charge is 2.20. The van der Waals surface area contributed by atoms with Crippen molar-refractivity contribution in [2.75, 3.05) is 54.1 Å². The molecule has 0 radical (unpaired) electrons. The Morgan fingerprint density at radius 3 is 1.32 bits per heavy atom. The minimum absolute atomic E-state index is 0.0187. The van der Waals surface area contributed by atoms with E-state index in [2.05, 4.69) is 86.8 Å². The van der Waals surface area contributed by atoms with Crippen molar-refractivity contribution in [3.8, 4) is 0 Å². The van der Waals surface area contributed by atoms with E-state index in [9.17, 15) is 14.3 Å². The third-order valence-electron chi connectivity index (χ3n) is 11.5. The summed E-state index contributed by atoms with van der Waals surface area (Å²) in [5.74, 6) is -0.357. The molecule has 384 valence electrons. The van der Waals surface area contributed by atoms with Crippen molar-refractivity contribution in [1.29, 1.82) is 0 Å². The zero-order valence-electron chi connectivity index (χ0n) is 43.6. The number of carbonyl (C=O) groups excluding carboxylic acids is 1. The summed E-state index contributed by atoms with van der Waals surface area (Å²) in [5.41, 5.74) is 0. The average Bonchev–Trinajstić information content (AvgIpc) is 3.28. The van der Waals surface area contributed by atoms with E-state index >= 15 is 0 Å². The van der Waals surface area contributed by atoms with Crippen LogP contribution in [0.4, 0.5) is 0 Å². The number of carbonyl (C=O) groups is 1. The quantitative estimate of drug-likeness (QED) is 0.0197. The Kier molecular flexibility index (Phi) is 47.8. The maximum atomic E-state index is 12.8. The molecule has 0 heterocycles. The first kappa shape index (κ1) is 63.9. The normalized spacial score (nSPS) is 14.1. The lowest BCUT2D eigenvalue weighted by molar-refractivity contribution is -0.870. The Bertz CT molecular complexity index is 1280. The van der Waals surface area contributed by atoms with Gasteiger partial charge in [0.15, 0.2) is 0 Å². The van der Waals surface area contributed by atoms with Gasteiger partial charge in [0.05, 0.1) is 34.4 Å². The number of unbranched alkanes of at least 4 members (excludes halogenated alkanes) is 24. The number of ether oxygens (including phenoxy) is 2. The average molecular weight is 946 g/mol. The van der Waals surface area contributed by atoms with Crippen LogP contribution < -0.4 is 4.89 Å². The fourth-order valence-corrected chi connectivity index (χ4v) is 8.10. The van der Waals surface area contributed by atoms with Gasteiger partial charge in [0.25, 0.3) is 7.82 Å². The lowest BCUT2D eigenvalue weighted by atomic mass is 10.0. The molecule has 0 rings (SSSR count). The van der Waals surface area contributed by atoms with Gasteiger partial charge in [-0.25, -0.2) is 0 Å². The summed E-state index contributed by atoms with van der Waals surface area (Å²) >= 11 is 0. The molecule has 0 aliphatic carbocycles. The Balaban J connectivity index is 4.18. The van der Waals surface area contributed by atoms with Crippen molar-refractivity contribution in [2.24, 2.45) is 0 Å². The van der Waals surface area contributed by atoms with Crippen molar-refractivity contribution in [2.45, 2.75) is 232 Å². The number of quaternary nitrogens is 1. The molecule has 0 aromatic carbocycles. The van der Waals surface area contributed by atoms with Gasteiger partial charge < -0.3 is 27.9 Å². The van der Waals surface area contributed by atoms with E-state index in [4.69, 9.17) is 18.5 Å². The van der Waals surface area contributed by atoms with Crippen LogP contribution in [-0.4, -0.2) is 70.7 Å². The summed E-state index contributed by atoms with van der Waals surface area (Å²) in [6.45, 7) is 5.29. The van der Waals surface area contributed by atoms with Gasteiger partial charge in [-0.3, -0.25) is 9.36 Å². The molecule has 0 fully saturated rings. The minimum Gasteiger partial charge on any atom is -0.756 e. The molecular weight excluding hydrogens is 842 g/mol. The first-order chi connectivity index (χ1) is 32.1. The minimum atomic E-state index is -4.54. The Hall–Kier alpha value is -2.06. The predicted octanol–water partition coefficient (Wildman–Crippen LogP) is 16.4. The second-order valence-corrected chi connectivity index (χ2v) is 20.6. The van der Waals surface area contributed by atoms with E-state index in [1.54, 1.807) is 0 Å². The zero-order chi connectivity index (χ0) is 48.3. The van der Waals surface area contributed by atoms with Crippen LogP contribution in [0.15, 0.2) is 72.9 Å². The van der Waals surface area contributed by atoms with Crippen molar-refractivity contribution in [3.63, 3.8) is 0 Å². The number of phosphoric acid groups is 1. The van der Waals surface area contributed by atoms with Gasteiger partial charge in [-0.15, -0.1) is 0 Å². The summed E-state index contributed by atoms with van der Waals surface area (Å²) in [5, 5.41) is 0. The van der Waals surface area contributed by atoms with Crippen molar-refractivity contribution in [3.05, 3.63) is 72.9 Å². The maximum absolute atomic E-state index is 12.8. The van der Waals surface area contributed by atoms with Gasteiger partial charge in [0.1, 0.15) is 19.3 Å². The summed E-state index contributed by atoms with van der Waals surface area (Å²) in [4.78, 5) is 25.2. The van der Waals surface area contributed by atoms with E-state index in [0.29, 0.717) is 17.6 Å². The number of likely N-dealkylation sites (N-methyl/N-ethyl adjacent to an activating group) is 1. The monoisotopic (exact) mass is 946 g/mol. The Labute approximate surface area is 408 Å². The smallest absolute Gasteiger partial charge is 0.306 e. The Morgan fingerprint density at radius 1 is 0.485 bits per heavy atom. The van der Waals surface area contributed by atoms with Crippen LogP contribution in [0.3, 0.4) is 0 Å². The van der Waals surface area contributed by atoms with Crippen molar-refractivity contribution >= 4 is 13.8 Å². The molecule has 2 atom stereocenters. The fourth-order valence-electron chi connectivity index (χ4n) is 7.37. The van der Waals surface area contributed by atoms with E-state index in [-0.39, 0.29) is 32.2 Å². The lowest BCUT2D eigenvalue weighted by Gasteiger charge is -2.28. The standard InChI is InChI=1S/C57H104NO7P/c1-6-8-10-12-14-16-18-20-22-24-26-28-29-30-32-34-36-38-40-42-44-46-48-50-57(59)65-56(55-64-66(60,61)63-53-51-58(3,4)5)54-62-52-49-47-45-43-41-39-37-35-33-31-27-25-23-21-19-17-15-13-11-9-7-2/h8,10,14,16,20,22,26,28,30,32,36,38,56H,6-7,9,11-13,15,17-19,21,23-25,27,29,31,33-35,37,39-55H2,1-5H3/b10-8-,16-14-,22-20-,28-26-,32-30-,38-36-. The number of phosphoric ester groups is 1. The molecule has 0 aliphatic rings. The SMILES string of the molecule is CC/C=C\C/C=C\C/C=C\C/C=C\C/C=C\C/C=C\CCCCCCC(=O)OC(COCCCCCCCCCCCCCCCCCCCCCCC)COP(=O)([O-])OCC[N+](C)(C)C. The van der Waals surface area contributed by atoms with E-state index in [1.807, 2.05) is 21.1 Å². The van der Waals surface area contributed by atoms with Crippen LogP contribution in [0.1, 0.15) is 226 Å². The molecule has 0 bridgehead atoms. The molecule has 9 heteroatoms. The van der Waals surface area contributed by atoms with Crippen LogP contribution in [0, 0.1) is 0 Å². The van der Waals surface area contributed by atoms with Gasteiger partial charge in [-0.2, -0.15) is 0 Å². The molecule has 0 saturated heterocycles. The molecule has 0 N–H and O–H groups in total. The summed E-state index contributed by atoms with van der Waals surface area (Å²) < 4.78 is 34.8. The number of esters is 1. The van der Waals surface area contributed by atoms with Crippen LogP contribution in [0.2, 0.25) is 0 Å². The third-order valence-corrected chi connectivity index (χ3v) is 12.5. The molecule has 0 amide bonds. The second-order valence-electron chi connectivity index (χ2n) is 19.2. The molecule has 0 aliphatic heterocycles. The predicted molar refractivity (Wildman–Crippen MR) is 282 cm³/mol. The Morgan fingerprint density at radius 2 is 0.879 bits per heavy atom. The molecule has 0 spiro atoms. The highest BCUT2D eigenvalue weighted by atomic mass is 31.2. The topological polar surface area (TPSA) is 94.1 Å². The highest BCUT2D eigenvalue weighted by molar-refractivity contribution is 7.45. The van der Waals surface area contributed by atoms with Crippen LogP contribution >= 0.6 is 7.82 Å². The summed E-state index contributed by atoms with van der Waals surface area (Å²) in [6, 6.07) is 0. The van der Waals surface area contributed by atoms with Crippen LogP contribution in [0.5, 0.6) is 0 Å². The molecular formula is C57H104NO7P. The summed E-state index contributed by atoms with van der Waals surface area (Å²) in [6.07, 6.45) is 65.0. The van der Waals surface area contributed by atoms with Gasteiger partial charge in [0.2, 0.25) is 0 Å². The number of rotatable bonds is 50. The van der Waals surface area contributed by atoms with E-state index in [0.717, 1.165) is 83.5 Å². The summed E-state index contributed by atoms with van der Waals surface area (Å²) in [7, 11) is 1.34. The largest absolute Gasteiger partial charge is 0.756 e. The molecule has 66 heavy (non-hydrogen) atoms. The first-order valence-electron chi connectivity index (χ1n) is 27.2. The van der Waals surface area contributed by atoms with E-state index < -0.39 is 13.9 Å². The van der Waals surface area contributed by atoms with E-state index in [1.165, 1.54) is 122 Å². The fraction of sp³-hybridized carbons (Fsp3) is 0.772. The number of nitrogens with zero attached hydrogens (tertiary/aromatic N) is 1. The van der Waals surface area contributed by atoms with Gasteiger partial charge in [-0.1, -0.05) is 228 Å². The number of allylic oxidation sites excluding steroid dienone is 12. The number of hydrogen-bond acceptors (Lipinski definition) is 7. The molecule has 8 nitrogen and oxygen atoms in total. The molecule has 0 aromatic heterocycles. The third kappa shape index (κ3) is 52.9. The molecule has 0 saturated carbocycles. The zero-order valence-corrected chi connectivity index (χ0v) is 44.5. The second kappa shape index (κ2) is 49.4. The van der Waals surface area contributed by atoms with Crippen LogP contribution in [-0.2, 0) is 27.9 Å². The molecule has 2 unspecified atom stereocenters. The molecule has 0 aromatic rings. The maximum Gasteiger partial charge on any atom is 0.306 e. The number of hydrogen-bond donors (Lipinski definition) is 0. The van der Waals surface area contributed by atoms with Gasteiger partial charge in [0, 0.05) is 13.0 Å². The van der Waals surface area contributed by atoms with Crippen molar-refractivity contribution < 1.29 is 37.3 Å². The lowest BCUT2D eigenvalue weighted by Crippen LogP contribution is -2.37.